The molecular formula is C52H32N2S2. The van der Waals surface area contributed by atoms with Crippen molar-refractivity contribution in [2.45, 2.75) is 0 Å². The Bertz CT molecular complexity index is 3040. The van der Waals surface area contributed by atoms with E-state index in [4.69, 9.17) is 9.97 Å². The zero-order valence-corrected chi connectivity index (χ0v) is 31.8. The quantitative estimate of drug-likeness (QED) is 0.169. The average Bonchev–Trinajstić information content (AvgIpc) is 3.84. The van der Waals surface area contributed by atoms with Gasteiger partial charge in [0.2, 0.25) is 0 Å². The number of rotatable bonds is 6. The maximum Gasteiger partial charge on any atom is 0.160 e. The van der Waals surface area contributed by atoms with Crippen LogP contribution in [-0.4, -0.2) is 9.97 Å². The Labute approximate surface area is 332 Å². The minimum atomic E-state index is 0.704. The first-order chi connectivity index (χ1) is 27.7. The molecule has 0 bridgehead atoms. The third-order valence-corrected chi connectivity index (χ3v) is 13.1. The zero-order chi connectivity index (χ0) is 37.0. The van der Waals surface area contributed by atoms with Crippen LogP contribution in [0.15, 0.2) is 194 Å². The topological polar surface area (TPSA) is 25.8 Å². The van der Waals surface area contributed by atoms with Crippen LogP contribution in [-0.2, 0) is 0 Å². The van der Waals surface area contributed by atoms with Gasteiger partial charge in [0.1, 0.15) is 0 Å². The maximum absolute atomic E-state index is 5.18. The lowest BCUT2D eigenvalue weighted by Crippen LogP contribution is -1.96. The fourth-order valence-corrected chi connectivity index (χ4v) is 9.97. The van der Waals surface area contributed by atoms with Crippen LogP contribution in [0.2, 0.25) is 0 Å². The van der Waals surface area contributed by atoms with E-state index in [0.29, 0.717) is 5.82 Å². The second-order valence-corrected chi connectivity index (χ2v) is 16.3. The highest BCUT2D eigenvalue weighted by molar-refractivity contribution is 7.26. The lowest BCUT2D eigenvalue weighted by atomic mass is 9.99. The van der Waals surface area contributed by atoms with Crippen molar-refractivity contribution in [2.75, 3.05) is 0 Å². The van der Waals surface area contributed by atoms with E-state index in [-0.39, 0.29) is 0 Å². The molecule has 0 radical (unpaired) electrons. The summed E-state index contributed by atoms with van der Waals surface area (Å²) in [5, 5.41) is 5.24. The second kappa shape index (κ2) is 13.5. The summed E-state index contributed by atoms with van der Waals surface area (Å²) in [6.07, 6.45) is 0. The van der Waals surface area contributed by atoms with Crippen molar-refractivity contribution in [3.05, 3.63) is 194 Å². The van der Waals surface area contributed by atoms with Crippen LogP contribution in [0.25, 0.3) is 108 Å². The summed E-state index contributed by atoms with van der Waals surface area (Å²) in [5.74, 6) is 0.704. The van der Waals surface area contributed by atoms with E-state index in [1.165, 1.54) is 73.7 Å². The molecule has 0 spiro atoms. The first kappa shape index (κ1) is 32.7. The molecule has 56 heavy (non-hydrogen) atoms. The third kappa shape index (κ3) is 5.88. The Morgan fingerprint density at radius 3 is 1.11 bits per heavy atom. The van der Waals surface area contributed by atoms with E-state index in [2.05, 4.69) is 188 Å². The van der Waals surface area contributed by atoms with E-state index in [9.17, 15) is 0 Å². The molecule has 3 aromatic heterocycles. The van der Waals surface area contributed by atoms with E-state index < -0.39 is 0 Å². The van der Waals surface area contributed by atoms with Gasteiger partial charge in [-0.1, -0.05) is 152 Å². The molecule has 2 nitrogen and oxygen atoms in total. The first-order valence-corrected chi connectivity index (χ1v) is 20.4. The van der Waals surface area contributed by atoms with Crippen molar-refractivity contribution in [1.29, 1.82) is 0 Å². The van der Waals surface area contributed by atoms with Gasteiger partial charge in [0.25, 0.3) is 0 Å². The van der Waals surface area contributed by atoms with Gasteiger partial charge in [0.15, 0.2) is 5.82 Å². The summed E-state index contributed by atoms with van der Waals surface area (Å²) in [6, 6.07) is 69.7. The number of thiophene rings is 2. The molecule has 0 aliphatic rings. The van der Waals surface area contributed by atoms with Crippen molar-refractivity contribution in [1.82, 2.24) is 9.97 Å². The molecule has 8 aromatic carbocycles. The van der Waals surface area contributed by atoms with Gasteiger partial charge in [-0.2, -0.15) is 0 Å². The van der Waals surface area contributed by atoms with Crippen molar-refractivity contribution in [3.8, 4) is 67.3 Å². The second-order valence-electron chi connectivity index (χ2n) is 14.2. The van der Waals surface area contributed by atoms with Crippen molar-refractivity contribution >= 4 is 63.0 Å². The van der Waals surface area contributed by atoms with E-state index in [1.807, 2.05) is 28.7 Å². The van der Waals surface area contributed by atoms with Gasteiger partial charge >= 0.3 is 0 Å². The van der Waals surface area contributed by atoms with Gasteiger partial charge < -0.3 is 0 Å². The molecule has 11 rings (SSSR count). The minimum absolute atomic E-state index is 0.704. The third-order valence-electron chi connectivity index (χ3n) is 10.8. The number of hydrogen-bond donors (Lipinski definition) is 0. The molecule has 0 aliphatic carbocycles. The molecule has 0 fully saturated rings. The van der Waals surface area contributed by atoms with Crippen molar-refractivity contribution in [2.24, 2.45) is 0 Å². The molecule has 0 saturated heterocycles. The predicted octanol–water partition coefficient (Wildman–Crippen LogP) is 15.2. The number of aromatic nitrogens is 2. The van der Waals surface area contributed by atoms with E-state index in [0.717, 1.165) is 28.1 Å². The van der Waals surface area contributed by atoms with Gasteiger partial charge in [-0.3, -0.25) is 0 Å². The molecule has 4 heteroatoms. The predicted molar refractivity (Wildman–Crippen MR) is 240 cm³/mol. The van der Waals surface area contributed by atoms with Gasteiger partial charge in [0, 0.05) is 57.0 Å². The average molecular weight is 749 g/mol. The van der Waals surface area contributed by atoms with Gasteiger partial charge in [-0.25, -0.2) is 9.97 Å². The molecule has 0 unspecified atom stereocenters. The minimum Gasteiger partial charge on any atom is -0.228 e. The molecule has 11 aromatic rings. The standard InChI is InChI=1S/C52H32N2S2/c1-2-8-33(9-3-1)34-18-24-39(25-19-34)52-53-46(37-20-14-35(15-21-37)40-26-28-50-44(30-40)42-10-4-6-12-48(42)55-50)32-47(54-52)38-22-16-36(17-23-38)41-27-29-51-45(31-41)43-11-5-7-13-49(43)56-51/h1-32H. The molecule has 0 saturated carbocycles. The van der Waals surface area contributed by atoms with Gasteiger partial charge in [0.05, 0.1) is 11.4 Å². The summed E-state index contributed by atoms with van der Waals surface area (Å²) >= 11 is 3.70. The Morgan fingerprint density at radius 1 is 0.250 bits per heavy atom. The molecule has 0 atom stereocenters. The molecule has 0 amide bonds. The number of fused-ring (bicyclic) bond motifs is 6. The van der Waals surface area contributed by atoms with Crippen molar-refractivity contribution < 1.29 is 0 Å². The molecule has 3 heterocycles. The van der Waals surface area contributed by atoms with Crippen molar-refractivity contribution in [3.63, 3.8) is 0 Å². The molecular weight excluding hydrogens is 717 g/mol. The summed E-state index contributed by atoms with van der Waals surface area (Å²) in [7, 11) is 0. The smallest absolute Gasteiger partial charge is 0.160 e. The molecule has 0 aliphatic heterocycles. The van der Waals surface area contributed by atoms with Crippen LogP contribution < -0.4 is 0 Å². The van der Waals surface area contributed by atoms with Crippen LogP contribution in [0.1, 0.15) is 0 Å². The van der Waals surface area contributed by atoms with Crippen LogP contribution >= 0.6 is 22.7 Å². The highest BCUT2D eigenvalue weighted by Gasteiger charge is 2.14. The highest BCUT2D eigenvalue weighted by Crippen LogP contribution is 2.39. The van der Waals surface area contributed by atoms with E-state index >= 15 is 0 Å². The van der Waals surface area contributed by atoms with Crippen LogP contribution in [0, 0.1) is 0 Å². The number of benzene rings is 8. The summed E-state index contributed by atoms with van der Waals surface area (Å²) < 4.78 is 5.27. The van der Waals surface area contributed by atoms with Crippen LogP contribution in [0.4, 0.5) is 0 Å². The lowest BCUT2D eigenvalue weighted by Gasteiger charge is -2.11. The molecule has 0 N–H and O–H groups in total. The summed E-state index contributed by atoms with van der Waals surface area (Å²) in [5.41, 5.74) is 12.0. The maximum atomic E-state index is 5.18. The fraction of sp³-hybridized carbons (Fsp3) is 0. The van der Waals surface area contributed by atoms with Crippen LogP contribution in [0.3, 0.4) is 0 Å². The zero-order valence-electron chi connectivity index (χ0n) is 30.2. The Morgan fingerprint density at radius 2 is 0.607 bits per heavy atom. The van der Waals surface area contributed by atoms with Gasteiger partial charge in [-0.15, -0.1) is 22.7 Å². The first-order valence-electron chi connectivity index (χ1n) is 18.8. The number of hydrogen-bond acceptors (Lipinski definition) is 4. The highest BCUT2D eigenvalue weighted by atomic mass is 32.1. The fourth-order valence-electron chi connectivity index (χ4n) is 7.79. The molecule has 262 valence electrons. The van der Waals surface area contributed by atoms with E-state index in [1.54, 1.807) is 0 Å². The Balaban J connectivity index is 0.967. The largest absolute Gasteiger partial charge is 0.228 e. The summed E-state index contributed by atoms with van der Waals surface area (Å²) in [6.45, 7) is 0. The Kier molecular flexibility index (Phi) is 7.90. The van der Waals surface area contributed by atoms with Gasteiger partial charge in [-0.05, 0) is 75.8 Å². The normalized spacial score (nSPS) is 11.6. The Hall–Kier alpha value is -6.72. The van der Waals surface area contributed by atoms with Crippen LogP contribution in [0.5, 0.6) is 0 Å². The summed E-state index contributed by atoms with van der Waals surface area (Å²) in [4.78, 5) is 10.4. The monoisotopic (exact) mass is 748 g/mol. The lowest BCUT2D eigenvalue weighted by molar-refractivity contribution is 1.18. The SMILES string of the molecule is c1ccc(-c2ccc(-c3nc(-c4ccc(-c5ccc6sc7ccccc7c6c5)cc4)cc(-c4ccc(-c5ccc6sc7ccccc7c6c5)cc4)n3)cc2)cc1. The number of nitrogens with zero attached hydrogens (tertiary/aromatic N) is 2.